The molecule has 0 aromatic carbocycles. The Hall–Kier alpha value is -3.90. The number of carbonyl (C=O) groups is 2. The lowest BCUT2D eigenvalue weighted by Gasteiger charge is -2.32. The van der Waals surface area contributed by atoms with Gasteiger partial charge in [0.1, 0.15) is 18.0 Å². The van der Waals surface area contributed by atoms with Crippen LogP contribution in [0.2, 0.25) is 0 Å². The molecule has 1 saturated heterocycles. The third kappa shape index (κ3) is 6.38. The minimum absolute atomic E-state index is 0.00680. The second kappa shape index (κ2) is 11.2. The van der Waals surface area contributed by atoms with Crippen molar-refractivity contribution in [2.24, 2.45) is 17.8 Å². The lowest BCUT2D eigenvalue weighted by molar-refractivity contribution is -0.270. The van der Waals surface area contributed by atoms with Crippen LogP contribution in [-0.4, -0.2) is 56.9 Å². The first-order valence-corrected chi connectivity index (χ1v) is 13.1. The van der Waals surface area contributed by atoms with E-state index in [1.807, 2.05) is 0 Å². The van der Waals surface area contributed by atoms with Crippen molar-refractivity contribution in [3.05, 3.63) is 41.3 Å². The number of alkyl halides is 6. The van der Waals surface area contributed by atoms with E-state index in [9.17, 15) is 35.9 Å². The van der Waals surface area contributed by atoms with Crippen LogP contribution in [0.15, 0.2) is 17.0 Å². The zero-order valence-electron chi connectivity index (χ0n) is 21.6. The quantitative estimate of drug-likeness (QED) is 0.389. The smallest absolute Gasteiger partial charge is 0.364 e. The third-order valence-corrected chi connectivity index (χ3v) is 7.63. The number of fused-ring (bicyclic) bond motifs is 1. The molecule has 41 heavy (non-hydrogen) atoms. The Morgan fingerprint density at radius 3 is 2.78 bits per heavy atom. The van der Waals surface area contributed by atoms with Gasteiger partial charge < -0.3 is 15.2 Å². The molecule has 1 aliphatic heterocycles. The second-order valence-electron chi connectivity index (χ2n) is 10.5. The highest BCUT2D eigenvalue weighted by molar-refractivity contribution is 5.95. The fraction of sp³-hybridized carbons (Fsp3) is 0.600. The monoisotopic (exact) mass is 586 g/mol. The highest BCUT2D eigenvalue weighted by atomic mass is 19.4. The molecule has 2 aliphatic rings. The van der Waals surface area contributed by atoms with Crippen molar-refractivity contribution >= 4 is 17.6 Å². The van der Waals surface area contributed by atoms with E-state index < -0.39 is 67.3 Å². The van der Waals surface area contributed by atoms with Gasteiger partial charge in [-0.2, -0.15) is 18.2 Å². The van der Waals surface area contributed by atoms with Gasteiger partial charge in [-0.25, -0.2) is 8.78 Å². The zero-order valence-corrected chi connectivity index (χ0v) is 21.6. The Bertz CT molecular complexity index is 1400. The van der Waals surface area contributed by atoms with E-state index in [-0.39, 0.29) is 66.9 Å². The number of rotatable bonds is 8. The molecule has 3 aromatic heterocycles. The third-order valence-electron chi connectivity index (χ3n) is 7.63. The van der Waals surface area contributed by atoms with Crippen LogP contribution in [0.3, 0.4) is 0 Å². The van der Waals surface area contributed by atoms with Crippen molar-refractivity contribution in [2.75, 3.05) is 13.2 Å². The van der Waals surface area contributed by atoms with E-state index in [2.05, 4.69) is 37.1 Å². The van der Waals surface area contributed by atoms with Gasteiger partial charge in [0.25, 0.3) is 5.91 Å². The van der Waals surface area contributed by atoms with Gasteiger partial charge in [0.05, 0.1) is 24.3 Å². The molecule has 2 fully saturated rings. The molecule has 1 saturated carbocycles. The SMILES string of the molecule is O=C(N[C@H](c1cn2nc(CC3C[C@@H](C(F)(F)F)CNC3=O)c#[n+]c2n1)C1CCC(F)(F)CC1)c1conc1CCF. The molecule has 16 heteroatoms. The van der Waals surface area contributed by atoms with Gasteiger partial charge in [-0.1, -0.05) is 19.8 Å². The van der Waals surface area contributed by atoms with Gasteiger partial charge in [0, 0.05) is 38.1 Å². The largest absolute Gasteiger partial charge is 0.520 e. The first-order valence-electron chi connectivity index (χ1n) is 13.1. The average molecular weight is 587 g/mol. The fourth-order valence-corrected chi connectivity index (χ4v) is 5.35. The van der Waals surface area contributed by atoms with Crippen molar-refractivity contribution in [1.82, 2.24) is 30.4 Å². The Labute approximate surface area is 229 Å². The lowest BCUT2D eigenvalue weighted by atomic mass is 9.81. The number of hydrogen-bond donors (Lipinski definition) is 2. The number of imidazole rings is 1. The molecule has 1 unspecified atom stereocenters. The number of carbonyl (C=O) groups excluding carboxylic acids is 2. The van der Waals surface area contributed by atoms with Crippen LogP contribution in [-0.2, 0) is 17.6 Å². The van der Waals surface area contributed by atoms with Crippen LogP contribution in [0, 0.1) is 24.0 Å². The predicted molar refractivity (Wildman–Crippen MR) is 125 cm³/mol. The standard InChI is InChI=1S/C25H25F6N7O3/c26-6-3-18-17(12-41-37-18)22(40)35-20(13-1-4-24(27,28)5-2-13)19-11-38-23(34-19)33-10-16(36-38)8-14-7-15(25(29,30)31)9-32-21(14)39/h11-15,20H,1-9H2,(H-,32,35,39,40)/p+1/t14?,15-,20+/m1/s1. The molecule has 0 spiro atoms. The minimum Gasteiger partial charge on any atom is -0.364 e. The number of nitrogens with zero attached hydrogens (tertiary/aromatic N) is 5. The van der Waals surface area contributed by atoms with Crippen molar-refractivity contribution in [2.45, 2.75) is 63.1 Å². The summed E-state index contributed by atoms with van der Waals surface area (Å²) in [6.45, 7) is -1.25. The van der Waals surface area contributed by atoms with E-state index in [0.29, 0.717) is 0 Å². The molecule has 3 atom stereocenters. The van der Waals surface area contributed by atoms with Gasteiger partial charge in [0.2, 0.25) is 11.8 Å². The summed E-state index contributed by atoms with van der Waals surface area (Å²) < 4.78 is 86.4. The van der Waals surface area contributed by atoms with Crippen molar-refractivity contribution < 1.29 is 45.4 Å². The summed E-state index contributed by atoms with van der Waals surface area (Å²) in [6, 6.07) is -0.852. The van der Waals surface area contributed by atoms with E-state index >= 15 is 0 Å². The Kier molecular flexibility index (Phi) is 7.80. The van der Waals surface area contributed by atoms with Gasteiger partial charge in [-0.05, 0) is 25.2 Å². The summed E-state index contributed by atoms with van der Waals surface area (Å²) in [5.41, 5.74) is 0.501. The second-order valence-corrected chi connectivity index (χ2v) is 10.5. The van der Waals surface area contributed by atoms with Crippen LogP contribution in [0.25, 0.3) is 5.78 Å². The molecule has 0 radical (unpaired) electrons. The Morgan fingerprint density at radius 1 is 1.32 bits per heavy atom. The number of amides is 2. The summed E-state index contributed by atoms with van der Waals surface area (Å²) in [4.78, 5) is 33.8. The fourth-order valence-electron chi connectivity index (χ4n) is 5.35. The van der Waals surface area contributed by atoms with Crippen molar-refractivity contribution in [3.63, 3.8) is 0 Å². The van der Waals surface area contributed by atoms with Crippen molar-refractivity contribution in [1.29, 1.82) is 0 Å². The topological polar surface area (TPSA) is 129 Å². The normalized spacial score (nSPS) is 22.2. The summed E-state index contributed by atoms with van der Waals surface area (Å²) in [6.07, 6.45) is -0.606. The molecule has 2 N–H and O–H groups in total. The molecule has 1 aliphatic carbocycles. The van der Waals surface area contributed by atoms with Crippen LogP contribution in [0.4, 0.5) is 26.3 Å². The molecular formula is C25H26F6N7O3+. The number of nitrogens with one attached hydrogen (secondary N) is 2. The number of halogens is 6. The summed E-state index contributed by atoms with van der Waals surface area (Å²) in [5, 5.41) is 13.0. The Morgan fingerprint density at radius 2 is 2.07 bits per heavy atom. The average Bonchev–Trinajstić information content (AvgIpc) is 3.55. The van der Waals surface area contributed by atoms with Crippen LogP contribution < -0.4 is 15.6 Å². The molecular weight excluding hydrogens is 560 g/mol. The van der Waals surface area contributed by atoms with Gasteiger partial charge in [-0.3, -0.25) is 14.0 Å². The number of hydrogen-bond acceptors (Lipinski definition) is 6. The zero-order chi connectivity index (χ0) is 29.4. The summed E-state index contributed by atoms with van der Waals surface area (Å²) >= 11 is 0. The van der Waals surface area contributed by atoms with E-state index in [1.54, 1.807) is 0 Å². The molecule has 0 bridgehead atoms. The first-order chi connectivity index (χ1) is 19.4. The molecule has 5 rings (SSSR count). The Balaban J connectivity index is 1.39. The van der Waals surface area contributed by atoms with E-state index in [4.69, 9.17) is 4.52 Å². The molecule has 220 valence electrons. The van der Waals surface area contributed by atoms with Gasteiger partial charge in [0.15, 0.2) is 17.6 Å². The number of piperidine rings is 1. The predicted octanol–water partition coefficient (Wildman–Crippen LogP) is 2.78. The molecule has 10 nitrogen and oxygen atoms in total. The van der Waals surface area contributed by atoms with Crippen LogP contribution in [0.1, 0.15) is 65.6 Å². The highest BCUT2D eigenvalue weighted by Gasteiger charge is 2.45. The molecule has 2 amide bonds. The first kappa shape index (κ1) is 28.6. The number of aryl methyl sites for hydroxylation is 1. The maximum atomic E-state index is 13.9. The number of aromatic nitrogens is 5. The van der Waals surface area contributed by atoms with Gasteiger partial charge in [-0.15, -0.1) is 0 Å². The summed E-state index contributed by atoms with van der Waals surface area (Å²) in [7, 11) is 0. The van der Waals surface area contributed by atoms with Crippen LogP contribution >= 0.6 is 0 Å². The maximum absolute atomic E-state index is 13.9. The molecule has 3 aromatic rings. The summed E-state index contributed by atoms with van der Waals surface area (Å²) in [5.74, 6) is -7.04. The van der Waals surface area contributed by atoms with Crippen LogP contribution in [0.5, 0.6) is 0 Å². The minimum atomic E-state index is -4.45. The van der Waals surface area contributed by atoms with E-state index in [0.717, 1.165) is 6.26 Å². The lowest BCUT2D eigenvalue weighted by Crippen LogP contribution is -2.47. The highest BCUT2D eigenvalue weighted by Crippen LogP contribution is 2.41. The molecule has 4 heterocycles. The van der Waals surface area contributed by atoms with Crippen molar-refractivity contribution in [3.8, 4) is 0 Å². The maximum Gasteiger partial charge on any atom is 0.520 e. The van der Waals surface area contributed by atoms with Gasteiger partial charge >= 0.3 is 12.0 Å². The van der Waals surface area contributed by atoms with E-state index in [1.165, 1.54) is 10.7 Å².